The second kappa shape index (κ2) is 11.7. The topological polar surface area (TPSA) is 70.4 Å². The number of hydrogen-bond acceptors (Lipinski definition) is 4. The number of rotatable bonds is 6. The molecule has 2 aromatic rings. The van der Waals surface area contributed by atoms with Gasteiger partial charge < -0.3 is 20.1 Å². The van der Waals surface area contributed by atoms with Crippen LogP contribution in [-0.4, -0.2) is 52.9 Å². The second-order valence-corrected chi connectivity index (χ2v) is 8.42. The van der Waals surface area contributed by atoms with Gasteiger partial charge in [0.2, 0.25) is 0 Å². The summed E-state index contributed by atoms with van der Waals surface area (Å²) in [5.74, 6) is 3.14. The fourth-order valence-electron chi connectivity index (χ4n) is 4.38. The highest BCUT2D eigenvalue weighted by Crippen LogP contribution is 2.20. The number of nitrogens with one attached hydrogen (secondary N) is 2. The van der Waals surface area contributed by atoms with E-state index in [0.29, 0.717) is 6.04 Å². The summed E-state index contributed by atoms with van der Waals surface area (Å²) in [6, 6.07) is 9.23. The van der Waals surface area contributed by atoms with E-state index in [0.717, 1.165) is 69.6 Å². The van der Waals surface area contributed by atoms with Crippen LogP contribution >= 0.6 is 24.0 Å². The number of halogens is 1. The molecular formula is C23H36IN7. The summed E-state index contributed by atoms with van der Waals surface area (Å²) in [4.78, 5) is 7.28. The van der Waals surface area contributed by atoms with Gasteiger partial charge in [0.25, 0.3) is 0 Å². The Kier molecular flexibility index (Phi) is 8.98. The minimum atomic E-state index is 0. The molecule has 2 aliphatic rings. The van der Waals surface area contributed by atoms with E-state index in [2.05, 4.69) is 68.4 Å². The van der Waals surface area contributed by atoms with Crippen LogP contribution in [-0.2, 0) is 19.4 Å². The average molecular weight is 537 g/mol. The van der Waals surface area contributed by atoms with Gasteiger partial charge in [-0.25, -0.2) is 0 Å². The van der Waals surface area contributed by atoms with Crippen molar-refractivity contribution >= 4 is 35.6 Å². The average Bonchev–Trinajstić information content (AvgIpc) is 3.29. The van der Waals surface area contributed by atoms with Crippen LogP contribution < -0.4 is 15.5 Å². The molecule has 31 heavy (non-hydrogen) atoms. The quantitative estimate of drug-likeness (QED) is 0.336. The van der Waals surface area contributed by atoms with E-state index in [1.54, 1.807) is 0 Å². The van der Waals surface area contributed by atoms with Crippen LogP contribution in [0.1, 0.15) is 49.8 Å². The molecule has 0 bridgehead atoms. The van der Waals surface area contributed by atoms with E-state index in [1.807, 2.05) is 0 Å². The molecule has 0 aliphatic carbocycles. The van der Waals surface area contributed by atoms with Gasteiger partial charge in [-0.15, -0.1) is 34.2 Å². The first-order valence-corrected chi connectivity index (χ1v) is 11.5. The molecule has 3 heterocycles. The summed E-state index contributed by atoms with van der Waals surface area (Å²) < 4.78 is 2.32. The SMILES string of the molecule is CCNC(=NCCc1nnc2n1CCCCC2)NC1CCN(c2ccc(C)cc2)C1.I. The molecule has 0 saturated carbocycles. The highest BCUT2D eigenvalue weighted by atomic mass is 127. The van der Waals surface area contributed by atoms with Crippen LogP contribution in [0, 0.1) is 6.92 Å². The van der Waals surface area contributed by atoms with Crippen LogP contribution in [0.3, 0.4) is 0 Å². The Balaban J connectivity index is 0.00000272. The van der Waals surface area contributed by atoms with Crippen molar-refractivity contribution in [3.8, 4) is 0 Å². The minimum Gasteiger partial charge on any atom is -0.369 e. The summed E-state index contributed by atoms with van der Waals surface area (Å²) in [6.07, 6.45) is 6.76. The van der Waals surface area contributed by atoms with Gasteiger partial charge in [0.05, 0.1) is 0 Å². The Morgan fingerprint density at radius 2 is 1.97 bits per heavy atom. The maximum absolute atomic E-state index is 4.83. The maximum atomic E-state index is 4.83. The first-order valence-electron chi connectivity index (χ1n) is 11.5. The van der Waals surface area contributed by atoms with E-state index >= 15 is 0 Å². The Bertz CT molecular complexity index is 846. The molecule has 1 saturated heterocycles. The molecule has 7 nitrogen and oxygen atoms in total. The standard InChI is InChI=1S/C23H35N7.HI/c1-3-24-23(25-14-12-22-28-27-21-7-5-4-6-15-30(21)22)26-19-13-16-29(17-19)20-10-8-18(2)9-11-20;/h8-11,19H,3-7,12-17H2,1-2H3,(H2,24,25,26);1H. The second-order valence-electron chi connectivity index (χ2n) is 8.42. The van der Waals surface area contributed by atoms with E-state index < -0.39 is 0 Å². The molecule has 0 amide bonds. The largest absolute Gasteiger partial charge is 0.369 e. The number of aromatic nitrogens is 3. The lowest BCUT2D eigenvalue weighted by atomic mass is 10.2. The van der Waals surface area contributed by atoms with Gasteiger partial charge in [-0.3, -0.25) is 4.99 Å². The number of guanidine groups is 1. The van der Waals surface area contributed by atoms with E-state index in [9.17, 15) is 0 Å². The molecule has 1 aromatic carbocycles. The van der Waals surface area contributed by atoms with Crippen LogP contribution in [0.5, 0.6) is 0 Å². The highest BCUT2D eigenvalue weighted by molar-refractivity contribution is 14.0. The van der Waals surface area contributed by atoms with Crippen molar-refractivity contribution < 1.29 is 0 Å². The van der Waals surface area contributed by atoms with Crippen molar-refractivity contribution in [1.29, 1.82) is 0 Å². The van der Waals surface area contributed by atoms with Crippen LogP contribution in [0.15, 0.2) is 29.3 Å². The van der Waals surface area contributed by atoms with Crippen molar-refractivity contribution in [2.75, 3.05) is 31.1 Å². The monoisotopic (exact) mass is 537 g/mol. The number of aryl methyl sites for hydroxylation is 2. The van der Waals surface area contributed by atoms with Gasteiger partial charge >= 0.3 is 0 Å². The van der Waals surface area contributed by atoms with Gasteiger partial charge in [-0.2, -0.15) is 0 Å². The van der Waals surface area contributed by atoms with Crippen molar-refractivity contribution in [2.45, 2.75) is 65.0 Å². The number of benzene rings is 1. The molecule has 1 unspecified atom stereocenters. The summed E-state index contributed by atoms with van der Waals surface area (Å²) in [5, 5.41) is 15.9. The predicted octanol–water partition coefficient (Wildman–Crippen LogP) is 3.31. The Labute approximate surface area is 203 Å². The molecule has 1 aromatic heterocycles. The van der Waals surface area contributed by atoms with Gasteiger partial charge in [-0.1, -0.05) is 24.1 Å². The summed E-state index contributed by atoms with van der Waals surface area (Å²) in [6.45, 7) is 8.97. The fourth-order valence-corrected chi connectivity index (χ4v) is 4.38. The first-order chi connectivity index (χ1) is 14.7. The fraction of sp³-hybridized carbons (Fsp3) is 0.609. The lowest BCUT2D eigenvalue weighted by molar-refractivity contribution is 0.603. The summed E-state index contributed by atoms with van der Waals surface area (Å²) in [7, 11) is 0. The van der Waals surface area contributed by atoms with Crippen LogP contribution in [0.4, 0.5) is 5.69 Å². The summed E-state index contributed by atoms with van der Waals surface area (Å²) in [5.41, 5.74) is 2.61. The van der Waals surface area contributed by atoms with Crippen LogP contribution in [0.2, 0.25) is 0 Å². The zero-order valence-corrected chi connectivity index (χ0v) is 21.1. The Hall–Kier alpha value is -1.84. The molecule has 0 radical (unpaired) electrons. The third kappa shape index (κ3) is 6.33. The number of anilines is 1. The van der Waals surface area contributed by atoms with Crippen molar-refractivity contribution in [3.05, 3.63) is 41.5 Å². The molecule has 2 N–H and O–H groups in total. The molecule has 4 rings (SSSR count). The van der Waals surface area contributed by atoms with E-state index in [4.69, 9.17) is 4.99 Å². The highest BCUT2D eigenvalue weighted by Gasteiger charge is 2.23. The normalized spacial score (nSPS) is 18.8. The zero-order chi connectivity index (χ0) is 20.8. The number of aliphatic imine (C=N–C) groups is 1. The molecule has 2 aliphatic heterocycles. The maximum Gasteiger partial charge on any atom is 0.191 e. The van der Waals surface area contributed by atoms with Gasteiger partial charge in [-0.05, 0) is 45.2 Å². The number of hydrogen-bond donors (Lipinski definition) is 2. The lowest BCUT2D eigenvalue weighted by Crippen LogP contribution is -2.44. The van der Waals surface area contributed by atoms with E-state index in [-0.39, 0.29) is 24.0 Å². The van der Waals surface area contributed by atoms with E-state index in [1.165, 1.54) is 30.5 Å². The number of fused-ring (bicyclic) bond motifs is 1. The molecular weight excluding hydrogens is 501 g/mol. The number of nitrogens with zero attached hydrogens (tertiary/aromatic N) is 5. The molecule has 1 fully saturated rings. The van der Waals surface area contributed by atoms with Gasteiger partial charge in [0.1, 0.15) is 11.6 Å². The van der Waals surface area contributed by atoms with Gasteiger partial charge in [0.15, 0.2) is 5.96 Å². The Morgan fingerprint density at radius 3 is 2.77 bits per heavy atom. The van der Waals surface area contributed by atoms with Crippen molar-refractivity contribution in [2.24, 2.45) is 4.99 Å². The molecule has 0 spiro atoms. The van der Waals surface area contributed by atoms with Crippen molar-refractivity contribution in [3.63, 3.8) is 0 Å². The molecule has 8 heteroatoms. The lowest BCUT2D eigenvalue weighted by Gasteiger charge is -2.20. The zero-order valence-electron chi connectivity index (χ0n) is 18.8. The van der Waals surface area contributed by atoms with Crippen LogP contribution in [0.25, 0.3) is 0 Å². The molecule has 1 atom stereocenters. The molecule has 170 valence electrons. The predicted molar refractivity (Wildman–Crippen MR) is 138 cm³/mol. The third-order valence-electron chi connectivity index (χ3n) is 6.06. The third-order valence-corrected chi connectivity index (χ3v) is 6.06. The summed E-state index contributed by atoms with van der Waals surface area (Å²) >= 11 is 0. The van der Waals surface area contributed by atoms with Gasteiger partial charge in [0, 0.05) is 57.3 Å². The first kappa shape index (κ1) is 23.8. The van der Waals surface area contributed by atoms with Crippen molar-refractivity contribution in [1.82, 2.24) is 25.4 Å². The smallest absolute Gasteiger partial charge is 0.191 e. The minimum absolute atomic E-state index is 0. The Morgan fingerprint density at radius 1 is 1.13 bits per heavy atom.